The minimum atomic E-state index is -0.890. The predicted octanol–water partition coefficient (Wildman–Crippen LogP) is 2.10. The number of benzene rings is 1. The number of imide groups is 1. The normalized spacial score (nSPS) is 18.8. The molecular formula is C21H25N5O3. The van der Waals surface area contributed by atoms with Crippen molar-refractivity contribution >= 4 is 17.8 Å². The molecule has 1 N–H and O–H groups in total. The van der Waals surface area contributed by atoms with Gasteiger partial charge in [0.2, 0.25) is 0 Å². The number of H-pyrrole nitrogens is 1. The van der Waals surface area contributed by atoms with Crippen LogP contribution in [-0.2, 0) is 11.3 Å². The van der Waals surface area contributed by atoms with Gasteiger partial charge in [-0.1, -0.05) is 30.3 Å². The number of aromatic amines is 1. The van der Waals surface area contributed by atoms with Crippen LogP contribution in [0, 0.1) is 13.8 Å². The summed E-state index contributed by atoms with van der Waals surface area (Å²) in [6.07, 6.45) is 0.854. The minimum absolute atomic E-state index is 0.0802. The third-order valence-electron chi connectivity index (χ3n) is 6.14. The van der Waals surface area contributed by atoms with Gasteiger partial charge >= 0.3 is 6.03 Å². The first-order chi connectivity index (χ1) is 13.8. The third-order valence-corrected chi connectivity index (χ3v) is 6.14. The summed E-state index contributed by atoms with van der Waals surface area (Å²) in [6.45, 7) is 4.85. The third kappa shape index (κ3) is 2.99. The van der Waals surface area contributed by atoms with Gasteiger partial charge in [-0.25, -0.2) is 4.79 Å². The molecule has 2 fully saturated rings. The zero-order valence-corrected chi connectivity index (χ0v) is 16.9. The predicted molar refractivity (Wildman–Crippen MR) is 106 cm³/mol. The summed E-state index contributed by atoms with van der Waals surface area (Å²) in [7, 11) is 1.53. The number of nitrogens with one attached hydrogen (secondary N) is 1. The number of aryl methyl sites for hydroxylation is 2. The lowest BCUT2D eigenvalue weighted by Gasteiger charge is -2.42. The largest absolute Gasteiger partial charge is 0.338 e. The van der Waals surface area contributed by atoms with E-state index in [1.165, 1.54) is 11.9 Å². The van der Waals surface area contributed by atoms with Crippen molar-refractivity contribution < 1.29 is 14.4 Å². The summed E-state index contributed by atoms with van der Waals surface area (Å²) in [5.74, 6) is -0.260. The van der Waals surface area contributed by atoms with Crippen molar-refractivity contribution in [2.75, 3.05) is 20.1 Å². The van der Waals surface area contributed by atoms with E-state index in [1.54, 1.807) is 16.7 Å². The van der Waals surface area contributed by atoms with Crippen molar-refractivity contribution in [1.82, 2.24) is 24.9 Å². The topological polar surface area (TPSA) is 89.6 Å². The number of likely N-dealkylation sites (N-methyl/N-ethyl adjacent to an activating group) is 1. The summed E-state index contributed by atoms with van der Waals surface area (Å²) in [4.78, 5) is 43.5. The highest BCUT2D eigenvalue weighted by molar-refractivity contribution is 6.07. The number of aromatic nitrogens is 2. The van der Waals surface area contributed by atoms with E-state index < -0.39 is 5.54 Å². The highest BCUT2D eigenvalue weighted by Crippen LogP contribution is 2.38. The van der Waals surface area contributed by atoms with Crippen LogP contribution in [0.25, 0.3) is 0 Å². The molecule has 0 radical (unpaired) electrons. The molecule has 3 heterocycles. The Bertz CT molecular complexity index is 940. The molecule has 0 unspecified atom stereocenters. The minimum Gasteiger partial charge on any atom is -0.338 e. The molecule has 1 aromatic heterocycles. The number of hydrogen-bond acceptors (Lipinski definition) is 4. The molecule has 2 aliphatic rings. The molecule has 1 aromatic carbocycles. The van der Waals surface area contributed by atoms with Crippen LogP contribution in [0.5, 0.6) is 0 Å². The highest BCUT2D eigenvalue weighted by atomic mass is 16.2. The molecule has 2 saturated heterocycles. The zero-order chi connectivity index (χ0) is 20.8. The summed E-state index contributed by atoms with van der Waals surface area (Å²) in [6, 6.07) is 9.39. The van der Waals surface area contributed by atoms with E-state index in [0.717, 1.165) is 11.3 Å². The summed E-state index contributed by atoms with van der Waals surface area (Å²) in [5.41, 5.74) is 2.09. The van der Waals surface area contributed by atoms with Gasteiger partial charge in [-0.15, -0.1) is 0 Å². The zero-order valence-electron chi connectivity index (χ0n) is 16.9. The van der Waals surface area contributed by atoms with E-state index in [9.17, 15) is 14.4 Å². The lowest BCUT2D eigenvalue weighted by molar-refractivity contribution is -0.134. The van der Waals surface area contributed by atoms with E-state index in [1.807, 2.05) is 37.3 Å². The fraction of sp³-hybridized carbons (Fsp3) is 0.429. The summed E-state index contributed by atoms with van der Waals surface area (Å²) >= 11 is 0. The fourth-order valence-corrected chi connectivity index (χ4v) is 4.45. The molecule has 0 saturated carbocycles. The second-order valence-electron chi connectivity index (χ2n) is 7.85. The Morgan fingerprint density at radius 1 is 1.14 bits per heavy atom. The average Bonchev–Trinajstić information content (AvgIpc) is 3.15. The number of piperidine rings is 1. The van der Waals surface area contributed by atoms with E-state index in [2.05, 4.69) is 10.2 Å². The van der Waals surface area contributed by atoms with Crippen molar-refractivity contribution in [2.45, 2.75) is 38.8 Å². The Kier molecular flexibility index (Phi) is 4.64. The van der Waals surface area contributed by atoms with Crippen LogP contribution in [0.4, 0.5) is 4.79 Å². The quantitative estimate of drug-likeness (QED) is 0.806. The van der Waals surface area contributed by atoms with Crippen molar-refractivity contribution in [2.24, 2.45) is 0 Å². The van der Waals surface area contributed by atoms with Crippen molar-refractivity contribution in [1.29, 1.82) is 0 Å². The van der Waals surface area contributed by atoms with E-state index in [0.29, 0.717) is 43.7 Å². The Labute approximate surface area is 169 Å². The van der Waals surface area contributed by atoms with Gasteiger partial charge in [-0.3, -0.25) is 19.6 Å². The number of likely N-dealkylation sites (tertiary alicyclic amines) is 1. The SMILES string of the molecule is Cc1n[nH]c(C)c1C(=O)N1CCC2(CC1)C(=O)N(C)C(=O)N2Cc1ccccc1. The molecule has 8 heteroatoms. The van der Waals surface area contributed by atoms with Crippen LogP contribution in [0.2, 0.25) is 0 Å². The fourth-order valence-electron chi connectivity index (χ4n) is 4.45. The number of rotatable bonds is 3. The maximum absolute atomic E-state index is 13.1. The van der Waals surface area contributed by atoms with Gasteiger partial charge in [0.05, 0.1) is 11.3 Å². The number of carbonyl (C=O) groups excluding carboxylic acids is 3. The maximum atomic E-state index is 13.1. The second kappa shape index (κ2) is 7.02. The van der Waals surface area contributed by atoms with E-state index in [4.69, 9.17) is 0 Å². The van der Waals surface area contributed by atoms with Crippen LogP contribution in [0.1, 0.15) is 40.2 Å². The molecule has 4 amide bonds. The Hall–Kier alpha value is -3.16. The number of nitrogens with zero attached hydrogens (tertiary/aromatic N) is 4. The number of urea groups is 1. The Morgan fingerprint density at radius 3 is 2.38 bits per heavy atom. The average molecular weight is 395 g/mol. The van der Waals surface area contributed by atoms with Crippen molar-refractivity contribution in [3.05, 3.63) is 52.8 Å². The highest BCUT2D eigenvalue weighted by Gasteiger charge is 2.57. The van der Waals surface area contributed by atoms with Crippen molar-refractivity contribution in [3.63, 3.8) is 0 Å². The van der Waals surface area contributed by atoms with E-state index >= 15 is 0 Å². The number of hydrogen-bond donors (Lipinski definition) is 1. The molecule has 4 rings (SSSR count). The lowest BCUT2D eigenvalue weighted by Crippen LogP contribution is -2.57. The summed E-state index contributed by atoms with van der Waals surface area (Å²) < 4.78 is 0. The molecule has 0 bridgehead atoms. The standard InChI is InChI=1S/C21H25N5O3/c1-14-17(15(2)23-22-14)18(27)25-11-9-21(10-12-25)19(28)24(3)20(29)26(21)13-16-7-5-4-6-8-16/h4-8H,9-13H2,1-3H3,(H,22,23). The monoisotopic (exact) mass is 395 g/mol. The van der Waals surface area contributed by atoms with Crippen molar-refractivity contribution in [3.8, 4) is 0 Å². The van der Waals surface area contributed by atoms with Gasteiger partial charge < -0.3 is 9.80 Å². The van der Waals surface area contributed by atoms with Gasteiger partial charge in [0.25, 0.3) is 11.8 Å². The molecule has 8 nitrogen and oxygen atoms in total. The summed E-state index contributed by atoms with van der Waals surface area (Å²) in [5, 5.41) is 6.96. The van der Waals surface area contributed by atoms with Crippen LogP contribution in [-0.4, -0.2) is 68.4 Å². The molecule has 1 spiro atoms. The van der Waals surface area contributed by atoms with Crippen LogP contribution < -0.4 is 0 Å². The Balaban J connectivity index is 1.56. The lowest BCUT2D eigenvalue weighted by atomic mass is 9.85. The molecule has 2 aliphatic heterocycles. The van der Waals surface area contributed by atoms with Crippen LogP contribution >= 0.6 is 0 Å². The van der Waals surface area contributed by atoms with Gasteiger partial charge in [0.1, 0.15) is 5.54 Å². The first-order valence-electron chi connectivity index (χ1n) is 9.79. The molecule has 0 aliphatic carbocycles. The smallest absolute Gasteiger partial charge is 0.327 e. The van der Waals surface area contributed by atoms with E-state index in [-0.39, 0.29) is 17.8 Å². The van der Waals surface area contributed by atoms with Gasteiger partial charge in [-0.2, -0.15) is 5.10 Å². The second-order valence-corrected chi connectivity index (χ2v) is 7.85. The van der Waals surface area contributed by atoms with Gasteiger partial charge in [-0.05, 0) is 32.3 Å². The van der Waals surface area contributed by atoms with Crippen LogP contribution in [0.3, 0.4) is 0 Å². The Morgan fingerprint density at radius 2 is 1.79 bits per heavy atom. The molecule has 2 aromatic rings. The maximum Gasteiger partial charge on any atom is 0.327 e. The number of carbonyl (C=O) groups is 3. The molecular weight excluding hydrogens is 370 g/mol. The first-order valence-corrected chi connectivity index (χ1v) is 9.79. The van der Waals surface area contributed by atoms with Crippen LogP contribution in [0.15, 0.2) is 30.3 Å². The first kappa shape index (κ1) is 19.2. The molecule has 0 atom stereocenters. The van der Waals surface area contributed by atoms with Gasteiger partial charge in [0.15, 0.2) is 0 Å². The molecule has 29 heavy (non-hydrogen) atoms. The number of amides is 4. The van der Waals surface area contributed by atoms with Gasteiger partial charge in [0, 0.05) is 32.4 Å². The molecule has 152 valence electrons.